The van der Waals surface area contributed by atoms with E-state index in [4.69, 9.17) is 9.47 Å². The van der Waals surface area contributed by atoms with Crippen LogP contribution in [0, 0.1) is 5.82 Å². The van der Waals surface area contributed by atoms with Crippen molar-refractivity contribution in [2.75, 3.05) is 50.2 Å². The van der Waals surface area contributed by atoms with Crippen LogP contribution in [0.3, 0.4) is 0 Å². The second kappa shape index (κ2) is 8.64. The quantitative estimate of drug-likeness (QED) is 0.753. The lowest BCUT2D eigenvalue weighted by Crippen LogP contribution is -2.39. The first kappa shape index (κ1) is 20.8. The van der Waals surface area contributed by atoms with Crippen molar-refractivity contribution in [2.24, 2.45) is 0 Å². The number of anilines is 2. The van der Waals surface area contributed by atoms with Gasteiger partial charge >= 0.3 is 6.09 Å². The number of halogens is 1. The van der Waals surface area contributed by atoms with E-state index in [2.05, 4.69) is 5.32 Å². The van der Waals surface area contributed by atoms with Gasteiger partial charge in [0, 0.05) is 40.2 Å². The average molecular weight is 408 g/mol. The molecule has 0 bridgehead atoms. The first-order valence-electron chi connectivity index (χ1n) is 9.34. The molecule has 2 heterocycles. The summed E-state index contributed by atoms with van der Waals surface area (Å²) in [5, 5.41) is 2.86. The van der Waals surface area contributed by atoms with Gasteiger partial charge in [-0.2, -0.15) is 0 Å². The number of rotatable bonds is 6. The first-order chi connectivity index (χ1) is 13.8. The van der Waals surface area contributed by atoms with E-state index in [1.54, 1.807) is 19.2 Å². The van der Waals surface area contributed by atoms with E-state index in [9.17, 15) is 18.8 Å². The lowest BCUT2D eigenvalue weighted by atomic mass is 10.2. The molecule has 0 spiro atoms. The fourth-order valence-electron chi connectivity index (χ4n) is 3.48. The molecule has 2 aliphatic heterocycles. The summed E-state index contributed by atoms with van der Waals surface area (Å²) in [5.41, 5.74) is 0.766. The standard InChI is InChI=1S/C19H25FN4O5/c1-12(25)22(2)18-10-24(19(27)29-18)14-4-5-16(15(20)8-14)23-7-6-13(9-23)21-17(26)11-28-3/h4-5,8,13,18H,6-7,9-11H2,1-3H3,(H,21,26). The number of nitrogens with zero attached hydrogens (tertiary/aromatic N) is 3. The molecule has 0 saturated carbocycles. The predicted molar refractivity (Wildman–Crippen MR) is 103 cm³/mol. The van der Waals surface area contributed by atoms with Crippen LogP contribution in [0.15, 0.2) is 18.2 Å². The Morgan fingerprint density at radius 3 is 2.79 bits per heavy atom. The highest BCUT2D eigenvalue weighted by molar-refractivity contribution is 5.90. The normalized spacial score (nSPS) is 21.3. The molecule has 1 aromatic rings. The lowest BCUT2D eigenvalue weighted by molar-refractivity contribution is -0.134. The van der Waals surface area contributed by atoms with Crippen molar-refractivity contribution >= 4 is 29.3 Å². The van der Waals surface area contributed by atoms with Gasteiger partial charge in [-0.25, -0.2) is 9.18 Å². The van der Waals surface area contributed by atoms with Crippen molar-refractivity contribution in [1.82, 2.24) is 10.2 Å². The second-order valence-corrected chi connectivity index (χ2v) is 7.15. The summed E-state index contributed by atoms with van der Waals surface area (Å²) in [5.74, 6) is -0.900. The topological polar surface area (TPSA) is 91.4 Å². The van der Waals surface area contributed by atoms with E-state index in [0.717, 1.165) is 0 Å². The molecule has 3 amide bonds. The Balaban J connectivity index is 1.66. The maximum atomic E-state index is 14.8. The lowest BCUT2D eigenvalue weighted by Gasteiger charge is -2.22. The number of amides is 3. The van der Waals surface area contributed by atoms with Crippen molar-refractivity contribution in [3.63, 3.8) is 0 Å². The number of likely N-dealkylation sites (N-methyl/N-ethyl adjacent to an activating group) is 1. The van der Waals surface area contributed by atoms with Crippen molar-refractivity contribution in [3.05, 3.63) is 24.0 Å². The van der Waals surface area contributed by atoms with Gasteiger partial charge in [-0.05, 0) is 24.6 Å². The molecule has 2 aliphatic rings. The summed E-state index contributed by atoms with van der Waals surface area (Å²) in [6, 6.07) is 4.46. The monoisotopic (exact) mass is 408 g/mol. The third kappa shape index (κ3) is 4.58. The van der Waals surface area contributed by atoms with Gasteiger partial charge in [0.25, 0.3) is 0 Å². The molecule has 3 rings (SSSR count). The van der Waals surface area contributed by atoms with Gasteiger partial charge in [-0.3, -0.25) is 14.5 Å². The fourth-order valence-corrected chi connectivity index (χ4v) is 3.48. The molecule has 2 atom stereocenters. The number of hydrogen-bond donors (Lipinski definition) is 1. The molecule has 9 nitrogen and oxygen atoms in total. The van der Waals surface area contributed by atoms with Gasteiger partial charge in [0.1, 0.15) is 12.4 Å². The molecule has 2 fully saturated rings. The number of ether oxygens (including phenoxy) is 2. The van der Waals surface area contributed by atoms with Crippen LogP contribution >= 0.6 is 0 Å². The SMILES string of the molecule is COCC(=O)NC1CCN(c2ccc(N3CC(N(C)C(C)=O)OC3=O)cc2F)C1. The number of nitrogens with one attached hydrogen (secondary N) is 1. The highest BCUT2D eigenvalue weighted by Crippen LogP contribution is 2.30. The number of carbonyl (C=O) groups excluding carboxylic acids is 3. The Kier molecular flexibility index (Phi) is 6.21. The Hall–Kier alpha value is -2.88. The van der Waals surface area contributed by atoms with Crippen molar-refractivity contribution in [3.8, 4) is 0 Å². The fraction of sp³-hybridized carbons (Fsp3) is 0.526. The molecule has 1 N–H and O–H groups in total. The molecule has 0 aliphatic carbocycles. The van der Waals surface area contributed by atoms with Crippen LogP contribution in [0.5, 0.6) is 0 Å². The zero-order chi connectivity index (χ0) is 21.1. The molecular formula is C19H25FN4O5. The third-order valence-electron chi connectivity index (χ3n) is 5.14. The van der Waals surface area contributed by atoms with Crippen LogP contribution in [0.1, 0.15) is 13.3 Å². The molecular weight excluding hydrogens is 383 g/mol. The highest BCUT2D eigenvalue weighted by Gasteiger charge is 2.36. The van der Waals surface area contributed by atoms with E-state index < -0.39 is 18.1 Å². The highest BCUT2D eigenvalue weighted by atomic mass is 19.1. The minimum atomic E-state index is -0.710. The zero-order valence-electron chi connectivity index (χ0n) is 16.7. The Labute approximate surface area is 168 Å². The van der Waals surface area contributed by atoms with Gasteiger partial charge in [0.15, 0.2) is 6.23 Å². The number of methoxy groups -OCH3 is 1. The summed E-state index contributed by atoms with van der Waals surface area (Å²) in [7, 11) is 3.00. The molecule has 0 aromatic heterocycles. The Morgan fingerprint density at radius 1 is 1.38 bits per heavy atom. The molecule has 1 aromatic carbocycles. The number of cyclic esters (lactones) is 1. The van der Waals surface area contributed by atoms with Gasteiger partial charge in [0.2, 0.25) is 11.8 Å². The van der Waals surface area contributed by atoms with Crippen LogP contribution in [0.4, 0.5) is 20.6 Å². The van der Waals surface area contributed by atoms with E-state index in [1.165, 1.54) is 29.9 Å². The number of hydrogen-bond acceptors (Lipinski definition) is 6. The summed E-state index contributed by atoms with van der Waals surface area (Å²) in [4.78, 5) is 39.7. The van der Waals surface area contributed by atoms with Gasteiger partial charge in [-0.1, -0.05) is 0 Å². The van der Waals surface area contributed by atoms with Crippen molar-refractivity contribution < 1.29 is 28.2 Å². The molecule has 158 valence electrons. The average Bonchev–Trinajstić information content (AvgIpc) is 3.27. The van der Waals surface area contributed by atoms with E-state index in [1.807, 2.05) is 4.90 Å². The van der Waals surface area contributed by atoms with Crippen molar-refractivity contribution in [2.45, 2.75) is 25.6 Å². The minimum absolute atomic E-state index is 0.00863. The van der Waals surface area contributed by atoms with Crippen LogP contribution in [-0.4, -0.2) is 75.5 Å². The zero-order valence-corrected chi connectivity index (χ0v) is 16.7. The number of carbonyl (C=O) groups is 3. The molecule has 0 radical (unpaired) electrons. The predicted octanol–water partition coefficient (Wildman–Crippen LogP) is 0.928. The largest absolute Gasteiger partial charge is 0.423 e. The Bertz CT molecular complexity index is 805. The molecule has 29 heavy (non-hydrogen) atoms. The summed E-state index contributed by atoms with van der Waals surface area (Å²) in [6.45, 7) is 2.59. The Morgan fingerprint density at radius 2 is 2.14 bits per heavy atom. The first-order valence-corrected chi connectivity index (χ1v) is 9.34. The summed E-state index contributed by atoms with van der Waals surface area (Å²) in [6.07, 6.45) is -0.635. The second-order valence-electron chi connectivity index (χ2n) is 7.15. The molecule has 2 saturated heterocycles. The smallest absolute Gasteiger partial charge is 0.416 e. The van der Waals surface area contributed by atoms with E-state index >= 15 is 0 Å². The van der Waals surface area contributed by atoms with Gasteiger partial charge in [0.05, 0.1) is 17.9 Å². The van der Waals surface area contributed by atoms with Crippen LogP contribution < -0.4 is 15.1 Å². The van der Waals surface area contributed by atoms with Crippen LogP contribution in [0.2, 0.25) is 0 Å². The maximum absolute atomic E-state index is 14.8. The van der Waals surface area contributed by atoms with Crippen molar-refractivity contribution in [1.29, 1.82) is 0 Å². The van der Waals surface area contributed by atoms with E-state index in [0.29, 0.717) is 30.9 Å². The summed E-state index contributed by atoms with van der Waals surface area (Å²) < 4.78 is 24.8. The van der Waals surface area contributed by atoms with Gasteiger partial charge < -0.3 is 24.6 Å². The summed E-state index contributed by atoms with van der Waals surface area (Å²) >= 11 is 0. The van der Waals surface area contributed by atoms with Gasteiger partial charge in [-0.15, -0.1) is 0 Å². The van der Waals surface area contributed by atoms with Crippen LogP contribution in [0.25, 0.3) is 0 Å². The molecule has 10 heteroatoms. The minimum Gasteiger partial charge on any atom is -0.423 e. The number of benzene rings is 1. The van der Waals surface area contributed by atoms with E-state index in [-0.39, 0.29) is 31.0 Å². The van der Waals surface area contributed by atoms with Crippen LogP contribution in [-0.2, 0) is 19.1 Å². The molecule has 2 unspecified atom stereocenters. The third-order valence-corrected chi connectivity index (χ3v) is 5.14. The maximum Gasteiger partial charge on any atom is 0.416 e.